The van der Waals surface area contributed by atoms with Crippen molar-refractivity contribution in [2.24, 2.45) is 0 Å². The van der Waals surface area contributed by atoms with E-state index in [1.165, 1.54) is 6.07 Å². The van der Waals surface area contributed by atoms with E-state index in [4.69, 9.17) is 10.5 Å². The molecule has 0 aliphatic heterocycles. The van der Waals surface area contributed by atoms with Gasteiger partial charge in [0.25, 0.3) is 0 Å². The van der Waals surface area contributed by atoms with Crippen LogP contribution in [-0.4, -0.2) is 28.7 Å². The molecule has 0 heterocycles. The Morgan fingerprint density at radius 2 is 1.90 bits per heavy atom. The van der Waals surface area contributed by atoms with Crippen molar-refractivity contribution in [2.45, 2.75) is 38.0 Å². The Labute approximate surface area is 121 Å². The summed E-state index contributed by atoms with van der Waals surface area (Å²) in [4.78, 5) is 0.231. The van der Waals surface area contributed by atoms with Gasteiger partial charge < -0.3 is 10.5 Å². The zero-order valence-electron chi connectivity index (χ0n) is 12.4. The molecule has 1 rings (SSSR count). The van der Waals surface area contributed by atoms with Crippen molar-refractivity contribution in [3.05, 3.63) is 23.3 Å². The molecule has 1 aromatic rings. The van der Waals surface area contributed by atoms with E-state index in [9.17, 15) is 8.42 Å². The van der Waals surface area contributed by atoms with Crippen LogP contribution in [0.4, 0.5) is 5.69 Å². The number of anilines is 1. The monoisotopic (exact) mass is 300 g/mol. The number of rotatable bonds is 8. The third kappa shape index (κ3) is 4.77. The fourth-order valence-corrected chi connectivity index (χ4v) is 3.04. The fraction of sp³-hybridized carbons (Fsp3) is 0.571. The maximum atomic E-state index is 12.1. The topological polar surface area (TPSA) is 81.4 Å². The van der Waals surface area contributed by atoms with Crippen molar-refractivity contribution >= 4 is 15.7 Å². The third-order valence-corrected chi connectivity index (χ3v) is 4.75. The highest BCUT2D eigenvalue weighted by Crippen LogP contribution is 2.21. The fourth-order valence-electron chi connectivity index (χ4n) is 1.85. The predicted octanol–water partition coefficient (Wildman–Crippen LogP) is 1.98. The first-order valence-corrected chi connectivity index (χ1v) is 8.22. The SMILES string of the molecule is COCCCCCNS(=O)(=O)c1cc(C)c(C)c(N)c1. The Balaban J connectivity index is 2.61. The molecule has 1 aromatic carbocycles. The van der Waals surface area contributed by atoms with E-state index in [-0.39, 0.29) is 4.90 Å². The molecule has 0 aliphatic rings. The highest BCUT2D eigenvalue weighted by molar-refractivity contribution is 7.89. The van der Waals surface area contributed by atoms with Gasteiger partial charge in [-0.2, -0.15) is 0 Å². The Morgan fingerprint density at radius 1 is 1.20 bits per heavy atom. The Bertz CT molecular complexity index is 518. The number of nitrogens with two attached hydrogens (primary N) is 1. The average molecular weight is 300 g/mol. The summed E-state index contributed by atoms with van der Waals surface area (Å²) in [6.07, 6.45) is 2.67. The molecule has 5 nitrogen and oxygen atoms in total. The molecule has 3 N–H and O–H groups in total. The minimum absolute atomic E-state index is 0.231. The molecule has 0 saturated carbocycles. The lowest BCUT2D eigenvalue weighted by molar-refractivity contribution is 0.192. The van der Waals surface area contributed by atoms with Gasteiger partial charge in [-0.1, -0.05) is 0 Å². The molecular weight excluding hydrogens is 276 g/mol. The van der Waals surface area contributed by atoms with E-state index in [1.807, 2.05) is 13.8 Å². The van der Waals surface area contributed by atoms with Crippen LogP contribution in [0.25, 0.3) is 0 Å². The predicted molar refractivity (Wildman–Crippen MR) is 81.2 cm³/mol. The molecule has 0 fully saturated rings. The van der Waals surface area contributed by atoms with Crippen molar-refractivity contribution in [1.29, 1.82) is 0 Å². The number of nitrogen functional groups attached to an aromatic ring is 1. The maximum absolute atomic E-state index is 12.1. The van der Waals surface area contributed by atoms with E-state index in [2.05, 4.69) is 4.72 Å². The molecule has 0 aromatic heterocycles. The molecule has 0 spiro atoms. The van der Waals surface area contributed by atoms with Crippen LogP contribution in [0.1, 0.15) is 30.4 Å². The van der Waals surface area contributed by atoms with Gasteiger partial charge in [-0.25, -0.2) is 13.1 Å². The van der Waals surface area contributed by atoms with E-state index < -0.39 is 10.0 Å². The largest absolute Gasteiger partial charge is 0.398 e. The Hall–Kier alpha value is -1.11. The van der Waals surface area contributed by atoms with E-state index in [0.29, 0.717) is 18.8 Å². The first kappa shape index (κ1) is 16.9. The van der Waals surface area contributed by atoms with Gasteiger partial charge in [0.2, 0.25) is 10.0 Å². The van der Waals surface area contributed by atoms with Crippen molar-refractivity contribution < 1.29 is 13.2 Å². The second kappa shape index (κ2) is 7.61. The first-order valence-electron chi connectivity index (χ1n) is 6.74. The zero-order valence-corrected chi connectivity index (χ0v) is 13.2. The highest BCUT2D eigenvalue weighted by Gasteiger charge is 2.15. The number of nitrogens with one attached hydrogen (secondary N) is 1. The van der Waals surface area contributed by atoms with Gasteiger partial charge in [0, 0.05) is 25.9 Å². The van der Waals surface area contributed by atoms with Crippen molar-refractivity contribution in [1.82, 2.24) is 4.72 Å². The summed E-state index contributed by atoms with van der Waals surface area (Å²) in [5.74, 6) is 0. The molecular formula is C14H24N2O3S. The highest BCUT2D eigenvalue weighted by atomic mass is 32.2. The van der Waals surface area contributed by atoms with Crippen LogP contribution in [0.2, 0.25) is 0 Å². The van der Waals surface area contributed by atoms with E-state index in [0.717, 1.165) is 30.4 Å². The minimum atomic E-state index is -3.48. The number of aryl methyl sites for hydroxylation is 1. The number of methoxy groups -OCH3 is 1. The summed E-state index contributed by atoms with van der Waals surface area (Å²) in [5, 5.41) is 0. The Morgan fingerprint density at radius 3 is 2.50 bits per heavy atom. The molecule has 0 radical (unpaired) electrons. The number of ether oxygens (including phenoxy) is 1. The minimum Gasteiger partial charge on any atom is -0.398 e. The van der Waals surface area contributed by atoms with Gasteiger partial charge in [-0.15, -0.1) is 0 Å². The normalized spacial score (nSPS) is 11.8. The zero-order chi connectivity index (χ0) is 15.2. The quantitative estimate of drug-likeness (QED) is 0.568. The molecule has 0 aliphatic carbocycles. The standard InChI is InChI=1S/C14H24N2O3S/c1-11-9-13(10-14(15)12(11)2)20(17,18)16-7-5-4-6-8-19-3/h9-10,16H,4-8,15H2,1-3H3. The second-order valence-electron chi connectivity index (χ2n) is 4.91. The molecule has 0 saturated heterocycles. The van der Waals surface area contributed by atoms with Crippen LogP contribution in [0, 0.1) is 13.8 Å². The number of hydrogen-bond acceptors (Lipinski definition) is 4. The summed E-state index contributed by atoms with van der Waals surface area (Å²) < 4.78 is 31.8. The van der Waals surface area contributed by atoms with Gasteiger partial charge in [-0.3, -0.25) is 0 Å². The lowest BCUT2D eigenvalue weighted by Gasteiger charge is -2.10. The third-order valence-electron chi connectivity index (χ3n) is 3.31. The van der Waals surface area contributed by atoms with Gasteiger partial charge in [-0.05, 0) is 56.4 Å². The van der Waals surface area contributed by atoms with Gasteiger partial charge in [0.15, 0.2) is 0 Å². The van der Waals surface area contributed by atoms with Crippen molar-refractivity contribution in [3.63, 3.8) is 0 Å². The number of hydrogen-bond donors (Lipinski definition) is 2. The maximum Gasteiger partial charge on any atom is 0.240 e. The first-order chi connectivity index (χ1) is 9.38. The Kier molecular flexibility index (Phi) is 6.45. The van der Waals surface area contributed by atoms with Crippen LogP contribution < -0.4 is 10.5 Å². The lowest BCUT2D eigenvalue weighted by atomic mass is 10.1. The molecule has 0 atom stereocenters. The van der Waals surface area contributed by atoms with Crippen LogP contribution in [0.5, 0.6) is 0 Å². The summed E-state index contributed by atoms with van der Waals surface area (Å²) in [6, 6.07) is 3.16. The van der Waals surface area contributed by atoms with E-state index >= 15 is 0 Å². The number of unbranched alkanes of at least 4 members (excludes halogenated alkanes) is 2. The summed E-state index contributed by atoms with van der Waals surface area (Å²) in [6.45, 7) is 4.87. The van der Waals surface area contributed by atoms with Crippen LogP contribution >= 0.6 is 0 Å². The van der Waals surface area contributed by atoms with Crippen molar-refractivity contribution in [3.8, 4) is 0 Å². The number of benzene rings is 1. The summed E-state index contributed by atoms with van der Waals surface area (Å²) in [5.41, 5.74) is 8.13. The summed E-state index contributed by atoms with van der Waals surface area (Å²) in [7, 11) is -1.82. The van der Waals surface area contributed by atoms with Gasteiger partial charge >= 0.3 is 0 Å². The molecule has 6 heteroatoms. The molecule has 0 unspecified atom stereocenters. The van der Waals surface area contributed by atoms with Crippen LogP contribution in [-0.2, 0) is 14.8 Å². The molecule has 114 valence electrons. The molecule has 0 bridgehead atoms. The van der Waals surface area contributed by atoms with Crippen LogP contribution in [0.15, 0.2) is 17.0 Å². The molecule has 0 amide bonds. The number of sulfonamides is 1. The van der Waals surface area contributed by atoms with Crippen LogP contribution in [0.3, 0.4) is 0 Å². The van der Waals surface area contributed by atoms with Gasteiger partial charge in [0.05, 0.1) is 4.90 Å². The van der Waals surface area contributed by atoms with Crippen molar-refractivity contribution in [2.75, 3.05) is 26.0 Å². The van der Waals surface area contributed by atoms with Gasteiger partial charge in [0.1, 0.15) is 0 Å². The lowest BCUT2D eigenvalue weighted by Crippen LogP contribution is -2.25. The molecule has 20 heavy (non-hydrogen) atoms. The average Bonchev–Trinajstić information content (AvgIpc) is 2.39. The smallest absolute Gasteiger partial charge is 0.240 e. The van der Waals surface area contributed by atoms with E-state index in [1.54, 1.807) is 13.2 Å². The summed E-state index contributed by atoms with van der Waals surface area (Å²) >= 11 is 0. The second-order valence-corrected chi connectivity index (χ2v) is 6.67.